The summed E-state index contributed by atoms with van der Waals surface area (Å²) < 4.78 is 0. The second-order valence-electron chi connectivity index (χ2n) is 8.82. The Morgan fingerprint density at radius 2 is 1.77 bits per heavy atom. The van der Waals surface area contributed by atoms with Crippen LogP contribution in [0.5, 0.6) is 0 Å². The standard InChI is InChI=1S/C23H35N3/c1-17(24)23-11-10-22(16-19(23)9-8-18-6-7-18)26(20-4-3-5-20)21-12-14-25(2)15-13-21/h8-11,16-18,20-21H,3-7,12-15,24H2,1-2H3/b9-8+/t17-/m0/s1. The van der Waals surface area contributed by atoms with Crippen molar-refractivity contribution in [1.29, 1.82) is 0 Å². The Hall–Kier alpha value is -1.32. The van der Waals surface area contributed by atoms with E-state index in [1.807, 2.05) is 0 Å². The average Bonchev–Trinajstić information content (AvgIpc) is 3.41. The molecule has 0 aromatic heterocycles. The van der Waals surface area contributed by atoms with Gasteiger partial charge in [-0.1, -0.05) is 18.2 Å². The molecule has 0 spiro atoms. The molecule has 142 valence electrons. The first-order valence-electron chi connectivity index (χ1n) is 10.7. The van der Waals surface area contributed by atoms with Crippen LogP contribution in [0.1, 0.15) is 69.0 Å². The van der Waals surface area contributed by atoms with E-state index in [0.717, 1.165) is 12.0 Å². The Balaban J connectivity index is 1.62. The van der Waals surface area contributed by atoms with E-state index in [0.29, 0.717) is 6.04 Å². The Morgan fingerprint density at radius 1 is 1.08 bits per heavy atom. The van der Waals surface area contributed by atoms with Crippen LogP contribution < -0.4 is 10.6 Å². The number of hydrogen-bond acceptors (Lipinski definition) is 3. The molecule has 0 radical (unpaired) electrons. The number of anilines is 1. The van der Waals surface area contributed by atoms with Crippen molar-refractivity contribution in [1.82, 2.24) is 4.90 Å². The third-order valence-corrected chi connectivity index (χ3v) is 6.58. The summed E-state index contributed by atoms with van der Waals surface area (Å²) in [6.45, 7) is 4.55. The highest BCUT2D eigenvalue weighted by molar-refractivity contribution is 5.63. The van der Waals surface area contributed by atoms with E-state index in [1.165, 1.54) is 74.8 Å². The van der Waals surface area contributed by atoms with E-state index < -0.39 is 0 Å². The molecule has 4 rings (SSSR count). The van der Waals surface area contributed by atoms with E-state index in [4.69, 9.17) is 5.73 Å². The van der Waals surface area contributed by atoms with Gasteiger partial charge in [0.25, 0.3) is 0 Å². The number of benzene rings is 1. The van der Waals surface area contributed by atoms with Gasteiger partial charge in [-0.05, 0) is 101 Å². The first kappa shape index (κ1) is 18.1. The number of rotatable bonds is 6. The van der Waals surface area contributed by atoms with Crippen molar-refractivity contribution in [2.24, 2.45) is 11.7 Å². The lowest BCUT2D eigenvalue weighted by Gasteiger charge is -2.47. The fraction of sp³-hybridized carbons (Fsp3) is 0.652. The van der Waals surface area contributed by atoms with Gasteiger partial charge in [-0.15, -0.1) is 0 Å². The Morgan fingerprint density at radius 3 is 2.35 bits per heavy atom. The van der Waals surface area contributed by atoms with Crippen LogP contribution in [-0.2, 0) is 0 Å². The summed E-state index contributed by atoms with van der Waals surface area (Å²) in [5.74, 6) is 0.802. The van der Waals surface area contributed by atoms with Gasteiger partial charge in [0, 0.05) is 23.8 Å². The smallest absolute Gasteiger partial charge is 0.0377 e. The summed E-state index contributed by atoms with van der Waals surface area (Å²) in [6.07, 6.45) is 14.1. The van der Waals surface area contributed by atoms with Crippen molar-refractivity contribution in [2.45, 2.75) is 70.0 Å². The molecule has 26 heavy (non-hydrogen) atoms. The maximum absolute atomic E-state index is 6.26. The number of hydrogen-bond donors (Lipinski definition) is 1. The fourth-order valence-corrected chi connectivity index (χ4v) is 4.47. The summed E-state index contributed by atoms with van der Waals surface area (Å²) >= 11 is 0. The quantitative estimate of drug-likeness (QED) is 0.812. The number of nitrogens with two attached hydrogens (primary N) is 1. The summed E-state index contributed by atoms with van der Waals surface area (Å²) in [5, 5.41) is 0. The number of allylic oxidation sites excluding steroid dienone is 1. The van der Waals surface area contributed by atoms with Gasteiger partial charge in [-0.25, -0.2) is 0 Å². The van der Waals surface area contributed by atoms with Gasteiger partial charge < -0.3 is 15.5 Å². The largest absolute Gasteiger partial charge is 0.365 e. The third kappa shape index (κ3) is 3.99. The highest BCUT2D eigenvalue weighted by Gasteiger charge is 2.32. The van der Waals surface area contributed by atoms with Crippen molar-refractivity contribution in [2.75, 3.05) is 25.0 Å². The van der Waals surface area contributed by atoms with Gasteiger partial charge in [0.2, 0.25) is 0 Å². The van der Waals surface area contributed by atoms with Crippen molar-refractivity contribution in [3.63, 3.8) is 0 Å². The van der Waals surface area contributed by atoms with Gasteiger partial charge >= 0.3 is 0 Å². The zero-order valence-electron chi connectivity index (χ0n) is 16.5. The molecule has 1 atom stereocenters. The van der Waals surface area contributed by atoms with E-state index in [-0.39, 0.29) is 6.04 Å². The van der Waals surface area contributed by atoms with Crippen LogP contribution >= 0.6 is 0 Å². The topological polar surface area (TPSA) is 32.5 Å². The van der Waals surface area contributed by atoms with Gasteiger partial charge in [-0.3, -0.25) is 0 Å². The molecule has 0 amide bonds. The van der Waals surface area contributed by atoms with Crippen molar-refractivity contribution >= 4 is 11.8 Å². The lowest BCUT2D eigenvalue weighted by atomic mass is 9.87. The SMILES string of the molecule is C[C@H](N)c1ccc(N(C2CCC2)C2CCN(C)CC2)cc1/C=C/C1CC1. The Kier molecular flexibility index (Phi) is 5.37. The van der Waals surface area contributed by atoms with Gasteiger partial charge in [0.1, 0.15) is 0 Å². The first-order valence-corrected chi connectivity index (χ1v) is 10.7. The molecule has 3 fully saturated rings. The van der Waals surface area contributed by atoms with Crippen LogP contribution in [0.15, 0.2) is 24.3 Å². The van der Waals surface area contributed by atoms with Crippen molar-refractivity contribution in [3.8, 4) is 0 Å². The lowest BCUT2D eigenvalue weighted by Crippen LogP contribution is -2.51. The fourth-order valence-electron chi connectivity index (χ4n) is 4.47. The second kappa shape index (κ2) is 7.74. The molecular weight excluding hydrogens is 318 g/mol. The summed E-state index contributed by atoms with van der Waals surface area (Å²) in [7, 11) is 2.25. The van der Waals surface area contributed by atoms with E-state index in [2.05, 4.69) is 54.1 Å². The zero-order chi connectivity index (χ0) is 18.1. The minimum atomic E-state index is 0.0865. The minimum absolute atomic E-state index is 0.0865. The van der Waals surface area contributed by atoms with Crippen LogP contribution in [0.4, 0.5) is 5.69 Å². The van der Waals surface area contributed by atoms with Gasteiger partial charge in [0.05, 0.1) is 0 Å². The molecule has 0 unspecified atom stereocenters. The highest BCUT2D eigenvalue weighted by Crippen LogP contribution is 2.37. The van der Waals surface area contributed by atoms with Crippen molar-refractivity contribution < 1.29 is 0 Å². The normalized spacial score (nSPS) is 24.0. The molecule has 1 saturated heterocycles. The molecule has 0 bridgehead atoms. The summed E-state index contributed by atoms with van der Waals surface area (Å²) in [4.78, 5) is 5.24. The van der Waals surface area contributed by atoms with Crippen molar-refractivity contribution in [3.05, 3.63) is 35.4 Å². The number of nitrogens with zero attached hydrogens (tertiary/aromatic N) is 2. The second-order valence-corrected chi connectivity index (χ2v) is 8.82. The van der Waals surface area contributed by atoms with Crippen LogP contribution in [0.25, 0.3) is 6.08 Å². The molecule has 3 aliphatic rings. The highest BCUT2D eigenvalue weighted by atomic mass is 15.2. The first-order chi connectivity index (χ1) is 12.6. The van der Waals surface area contributed by atoms with Crippen LogP contribution in [0, 0.1) is 5.92 Å². The molecule has 2 aliphatic carbocycles. The maximum Gasteiger partial charge on any atom is 0.0377 e. The molecule has 3 nitrogen and oxygen atoms in total. The molecule has 1 aromatic carbocycles. The molecular formula is C23H35N3. The molecule has 2 N–H and O–H groups in total. The molecule has 2 saturated carbocycles. The lowest BCUT2D eigenvalue weighted by molar-refractivity contribution is 0.230. The van der Waals surface area contributed by atoms with E-state index in [1.54, 1.807) is 0 Å². The predicted octanol–water partition coefficient (Wildman–Crippen LogP) is 4.58. The molecule has 1 aromatic rings. The average molecular weight is 354 g/mol. The Labute approximate surface area is 159 Å². The zero-order valence-corrected chi connectivity index (χ0v) is 16.5. The number of likely N-dealkylation sites (tertiary alicyclic amines) is 1. The molecule has 1 heterocycles. The molecule has 3 heteroatoms. The monoisotopic (exact) mass is 353 g/mol. The third-order valence-electron chi connectivity index (χ3n) is 6.58. The summed E-state index contributed by atoms with van der Waals surface area (Å²) in [6, 6.07) is 8.57. The van der Waals surface area contributed by atoms with Crippen LogP contribution in [0.3, 0.4) is 0 Å². The van der Waals surface area contributed by atoms with E-state index >= 15 is 0 Å². The minimum Gasteiger partial charge on any atom is -0.365 e. The van der Waals surface area contributed by atoms with Gasteiger partial charge in [0.15, 0.2) is 0 Å². The number of piperidine rings is 1. The summed E-state index contributed by atoms with van der Waals surface area (Å²) in [5.41, 5.74) is 10.3. The van der Waals surface area contributed by atoms with Gasteiger partial charge in [-0.2, -0.15) is 0 Å². The molecule has 1 aliphatic heterocycles. The van der Waals surface area contributed by atoms with E-state index in [9.17, 15) is 0 Å². The predicted molar refractivity (Wildman–Crippen MR) is 111 cm³/mol. The maximum atomic E-state index is 6.26. The van der Waals surface area contributed by atoms with Crippen LogP contribution in [-0.4, -0.2) is 37.1 Å². The van der Waals surface area contributed by atoms with Crippen LogP contribution in [0.2, 0.25) is 0 Å². The Bertz CT molecular complexity index is 635.